The van der Waals surface area contributed by atoms with Crippen molar-refractivity contribution in [2.75, 3.05) is 24.2 Å². The molecule has 7 nitrogen and oxygen atoms in total. The Balaban J connectivity index is 1.75. The van der Waals surface area contributed by atoms with E-state index in [1.54, 1.807) is 31.2 Å². The Labute approximate surface area is 142 Å². The van der Waals surface area contributed by atoms with E-state index in [0.29, 0.717) is 17.7 Å². The summed E-state index contributed by atoms with van der Waals surface area (Å²) in [5.41, 5.74) is 1.12. The Kier molecular flexibility index (Phi) is 6.33. The Morgan fingerprint density at radius 3 is 2.38 bits per heavy atom. The van der Waals surface area contributed by atoms with Crippen LogP contribution in [0.5, 0.6) is 0 Å². The molecule has 0 bridgehead atoms. The lowest BCUT2D eigenvalue weighted by Gasteiger charge is -2.08. The molecule has 1 aromatic rings. The first-order valence-electron chi connectivity index (χ1n) is 8.08. The molecule has 0 spiro atoms. The standard InChI is InChI=1S/C16H23N3O4S/c1-2-11-24(22,23)18-10-9-17-15(20)12-5-7-14(8-6-12)19-16(21)13-3-4-13/h5-8,13,18H,2-4,9-11H2,1H3,(H,17,20)(H,19,21). The van der Waals surface area contributed by atoms with Crippen LogP contribution < -0.4 is 15.4 Å². The van der Waals surface area contributed by atoms with Gasteiger partial charge in [0.15, 0.2) is 0 Å². The molecule has 0 aliphatic heterocycles. The first kappa shape index (κ1) is 18.4. The zero-order chi connectivity index (χ0) is 17.6. The lowest BCUT2D eigenvalue weighted by molar-refractivity contribution is -0.117. The summed E-state index contributed by atoms with van der Waals surface area (Å²) in [6.45, 7) is 2.16. The molecule has 2 amide bonds. The molecule has 0 radical (unpaired) electrons. The van der Waals surface area contributed by atoms with Crippen LogP contribution in [0.4, 0.5) is 5.69 Å². The second-order valence-electron chi connectivity index (χ2n) is 5.81. The van der Waals surface area contributed by atoms with E-state index in [1.165, 1.54) is 0 Å². The quantitative estimate of drug-likeness (QED) is 0.578. The number of rotatable bonds is 9. The highest BCUT2D eigenvalue weighted by Crippen LogP contribution is 2.30. The van der Waals surface area contributed by atoms with Crippen LogP contribution in [0, 0.1) is 5.92 Å². The van der Waals surface area contributed by atoms with Gasteiger partial charge < -0.3 is 10.6 Å². The highest BCUT2D eigenvalue weighted by molar-refractivity contribution is 7.89. The third-order valence-corrected chi connectivity index (χ3v) is 5.16. The summed E-state index contributed by atoms with van der Waals surface area (Å²) in [6.07, 6.45) is 2.42. The van der Waals surface area contributed by atoms with E-state index in [9.17, 15) is 18.0 Å². The summed E-state index contributed by atoms with van der Waals surface area (Å²) in [7, 11) is -3.25. The van der Waals surface area contributed by atoms with Crippen LogP contribution in [0.3, 0.4) is 0 Å². The van der Waals surface area contributed by atoms with Crippen LogP contribution in [0.2, 0.25) is 0 Å². The van der Waals surface area contributed by atoms with Crippen molar-refractivity contribution in [1.82, 2.24) is 10.0 Å². The van der Waals surface area contributed by atoms with Gasteiger partial charge in [0.25, 0.3) is 5.91 Å². The Hall–Kier alpha value is -1.93. The van der Waals surface area contributed by atoms with Crippen LogP contribution in [0.25, 0.3) is 0 Å². The first-order valence-corrected chi connectivity index (χ1v) is 9.73. The summed E-state index contributed by atoms with van der Waals surface area (Å²) in [5.74, 6) is -0.0598. The second kappa shape index (κ2) is 8.25. The molecular formula is C16H23N3O4S. The van der Waals surface area contributed by atoms with Crippen LogP contribution >= 0.6 is 0 Å². The molecule has 1 saturated carbocycles. The largest absolute Gasteiger partial charge is 0.351 e. The highest BCUT2D eigenvalue weighted by atomic mass is 32.2. The molecule has 1 fully saturated rings. The number of benzene rings is 1. The van der Waals surface area contributed by atoms with Gasteiger partial charge in [-0.25, -0.2) is 13.1 Å². The Morgan fingerprint density at radius 1 is 1.12 bits per heavy atom. The van der Waals surface area contributed by atoms with E-state index in [0.717, 1.165) is 12.8 Å². The van der Waals surface area contributed by atoms with Crippen molar-refractivity contribution in [3.63, 3.8) is 0 Å². The van der Waals surface area contributed by atoms with Crippen molar-refractivity contribution in [2.45, 2.75) is 26.2 Å². The Morgan fingerprint density at radius 2 is 1.79 bits per heavy atom. The van der Waals surface area contributed by atoms with Crippen molar-refractivity contribution in [3.05, 3.63) is 29.8 Å². The third kappa shape index (κ3) is 5.93. The molecule has 8 heteroatoms. The maximum absolute atomic E-state index is 12.0. The molecule has 24 heavy (non-hydrogen) atoms. The fourth-order valence-corrected chi connectivity index (χ4v) is 3.22. The summed E-state index contributed by atoms with van der Waals surface area (Å²) in [5, 5.41) is 5.45. The highest BCUT2D eigenvalue weighted by Gasteiger charge is 2.29. The number of carbonyl (C=O) groups is 2. The van der Waals surface area contributed by atoms with Gasteiger partial charge in [-0.1, -0.05) is 6.92 Å². The second-order valence-corrected chi connectivity index (χ2v) is 7.74. The fraction of sp³-hybridized carbons (Fsp3) is 0.500. The van der Waals surface area contributed by atoms with E-state index in [-0.39, 0.29) is 36.6 Å². The van der Waals surface area contributed by atoms with Gasteiger partial charge in [0.1, 0.15) is 0 Å². The van der Waals surface area contributed by atoms with Gasteiger partial charge in [0, 0.05) is 30.3 Å². The van der Waals surface area contributed by atoms with Crippen molar-refractivity contribution in [1.29, 1.82) is 0 Å². The maximum atomic E-state index is 12.0. The minimum absolute atomic E-state index is 0.0200. The van der Waals surface area contributed by atoms with Gasteiger partial charge in [0.2, 0.25) is 15.9 Å². The lowest BCUT2D eigenvalue weighted by atomic mass is 10.2. The van der Waals surface area contributed by atoms with Gasteiger partial charge in [-0.05, 0) is 43.5 Å². The molecule has 0 unspecified atom stereocenters. The lowest BCUT2D eigenvalue weighted by Crippen LogP contribution is -2.35. The van der Waals surface area contributed by atoms with Gasteiger partial charge in [-0.3, -0.25) is 9.59 Å². The first-order chi connectivity index (χ1) is 11.4. The molecule has 0 aromatic heterocycles. The van der Waals surface area contributed by atoms with Crippen molar-refractivity contribution in [3.8, 4) is 0 Å². The van der Waals surface area contributed by atoms with Crippen LogP contribution in [-0.2, 0) is 14.8 Å². The van der Waals surface area contributed by atoms with Crippen molar-refractivity contribution < 1.29 is 18.0 Å². The summed E-state index contributed by atoms with van der Waals surface area (Å²) >= 11 is 0. The molecule has 132 valence electrons. The SMILES string of the molecule is CCCS(=O)(=O)NCCNC(=O)c1ccc(NC(=O)C2CC2)cc1. The van der Waals surface area contributed by atoms with E-state index in [4.69, 9.17) is 0 Å². The smallest absolute Gasteiger partial charge is 0.251 e. The monoisotopic (exact) mass is 353 g/mol. The molecule has 2 rings (SSSR count). The normalized spacial score (nSPS) is 14.2. The van der Waals surface area contributed by atoms with Gasteiger partial charge in [0.05, 0.1) is 5.75 Å². The minimum Gasteiger partial charge on any atom is -0.351 e. The Bertz CT molecular complexity index is 682. The molecular weight excluding hydrogens is 330 g/mol. The number of nitrogens with one attached hydrogen (secondary N) is 3. The number of hydrogen-bond acceptors (Lipinski definition) is 4. The average molecular weight is 353 g/mol. The van der Waals surface area contributed by atoms with Crippen molar-refractivity contribution in [2.24, 2.45) is 5.92 Å². The maximum Gasteiger partial charge on any atom is 0.251 e. The van der Waals surface area contributed by atoms with Crippen LogP contribution in [-0.4, -0.2) is 39.1 Å². The molecule has 1 aromatic carbocycles. The molecule has 1 aliphatic carbocycles. The van der Waals surface area contributed by atoms with E-state index in [2.05, 4.69) is 15.4 Å². The molecule has 1 aliphatic rings. The number of amides is 2. The summed E-state index contributed by atoms with van der Waals surface area (Å²) in [6, 6.07) is 6.61. The summed E-state index contributed by atoms with van der Waals surface area (Å²) in [4.78, 5) is 23.6. The molecule has 0 heterocycles. The van der Waals surface area contributed by atoms with E-state index < -0.39 is 10.0 Å². The number of carbonyl (C=O) groups excluding carboxylic acids is 2. The number of sulfonamides is 1. The average Bonchev–Trinajstić information content (AvgIpc) is 3.37. The van der Waals surface area contributed by atoms with Crippen molar-refractivity contribution >= 4 is 27.5 Å². The zero-order valence-electron chi connectivity index (χ0n) is 13.7. The molecule has 0 saturated heterocycles. The predicted octanol–water partition coefficient (Wildman–Crippen LogP) is 1.09. The minimum atomic E-state index is -3.25. The predicted molar refractivity (Wildman–Crippen MR) is 92.2 cm³/mol. The van der Waals surface area contributed by atoms with Gasteiger partial charge in [-0.2, -0.15) is 0 Å². The van der Waals surface area contributed by atoms with Crippen LogP contribution in [0.1, 0.15) is 36.5 Å². The topological polar surface area (TPSA) is 104 Å². The van der Waals surface area contributed by atoms with E-state index in [1.807, 2.05) is 0 Å². The zero-order valence-corrected chi connectivity index (χ0v) is 14.5. The van der Waals surface area contributed by atoms with E-state index >= 15 is 0 Å². The molecule has 3 N–H and O–H groups in total. The number of hydrogen-bond donors (Lipinski definition) is 3. The number of anilines is 1. The third-order valence-electron chi connectivity index (χ3n) is 3.57. The fourth-order valence-electron chi connectivity index (χ4n) is 2.12. The van der Waals surface area contributed by atoms with Gasteiger partial charge >= 0.3 is 0 Å². The van der Waals surface area contributed by atoms with Gasteiger partial charge in [-0.15, -0.1) is 0 Å². The summed E-state index contributed by atoms with van der Waals surface area (Å²) < 4.78 is 25.4. The molecule has 0 atom stereocenters. The van der Waals surface area contributed by atoms with Crippen LogP contribution in [0.15, 0.2) is 24.3 Å².